The third-order valence-electron chi connectivity index (χ3n) is 4.04. The molecule has 19 heavy (non-hydrogen) atoms. The van der Waals surface area contributed by atoms with Crippen LogP contribution in [-0.2, 0) is 6.42 Å². The summed E-state index contributed by atoms with van der Waals surface area (Å²) in [6, 6.07) is 6.44. The number of aldehydes is 1. The molecule has 0 amide bonds. The first-order valence-corrected chi connectivity index (χ1v) is 6.74. The Morgan fingerprint density at radius 2 is 1.74 bits per heavy atom. The molecule has 0 N–H and O–H groups in total. The molecule has 1 heterocycles. The summed E-state index contributed by atoms with van der Waals surface area (Å²) >= 11 is 0. The van der Waals surface area contributed by atoms with Crippen LogP contribution >= 0.6 is 0 Å². The molecule has 2 aromatic rings. The van der Waals surface area contributed by atoms with Gasteiger partial charge in [-0.15, -0.1) is 0 Å². The highest BCUT2D eigenvalue weighted by molar-refractivity contribution is 5.80. The zero-order chi connectivity index (χ0) is 14.2. The molecule has 100 valence electrons. The van der Waals surface area contributed by atoms with Gasteiger partial charge in [0.2, 0.25) is 0 Å². The summed E-state index contributed by atoms with van der Waals surface area (Å²) in [5.74, 6) is 0. The molecule has 0 unspecified atom stereocenters. The second-order valence-electron chi connectivity index (χ2n) is 5.14. The van der Waals surface area contributed by atoms with E-state index in [1.54, 1.807) is 0 Å². The average molecular weight is 255 g/mol. The van der Waals surface area contributed by atoms with Gasteiger partial charge in [-0.1, -0.05) is 13.0 Å². The Labute approximate surface area is 115 Å². The first-order chi connectivity index (χ1) is 9.01. The van der Waals surface area contributed by atoms with Gasteiger partial charge in [0.15, 0.2) is 6.29 Å². The molecule has 1 aromatic heterocycles. The van der Waals surface area contributed by atoms with Crippen LogP contribution in [0, 0.1) is 27.7 Å². The molecule has 0 aliphatic carbocycles. The molecule has 2 rings (SSSR count). The second kappa shape index (κ2) is 5.04. The fraction of sp³-hybridized carbons (Fsp3) is 0.353. The van der Waals surface area contributed by atoms with E-state index in [9.17, 15) is 4.79 Å². The van der Waals surface area contributed by atoms with Crippen LogP contribution in [0.15, 0.2) is 18.2 Å². The predicted molar refractivity (Wildman–Crippen MR) is 79.5 cm³/mol. The fourth-order valence-electron chi connectivity index (χ4n) is 2.77. The van der Waals surface area contributed by atoms with E-state index >= 15 is 0 Å². The highest BCUT2D eigenvalue weighted by Gasteiger charge is 2.16. The molecule has 2 heteroatoms. The lowest BCUT2D eigenvalue weighted by Crippen LogP contribution is -2.00. The van der Waals surface area contributed by atoms with Crippen molar-refractivity contribution in [3.8, 4) is 5.69 Å². The molecule has 1 aromatic carbocycles. The van der Waals surface area contributed by atoms with Gasteiger partial charge in [0, 0.05) is 22.6 Å². The normalized spacial score (nSPS) is 10.8. The molecule has 0 saturated heterocycles. The van der Waals surface area contributed by atoms with E-state index in [1.165, 1.54) is 16.8 Å². The van der Waals surface area contributed by atoms with Crippen LogP contribution in [0.25, 0.3) is 5.69 Å². The molecule has 0 saturated carbocycles. The van der Waals surface area contributed by atoms with Gasteiger partial charge in [0.05, 0.1) is 0 Å². The SMILES string of the molecule is CCc1c(C=O)c(C)n(-c2ccc(C)c(C)c2)c1C. The van der Waals surface area contributed by atoms with Gasteiger partial charge in [0.25, 0.3) is 0 Å². The highest BCUT2D eigenvalue weighted by Crippen LogP contribution is 2.26. The van der Waals surface area contributed by atoms with Crippen molar-refractivity contribution in [2.75, 3.05) is 0 Å². The quantitative estimate of drug-likeness (QED) is 0.757. The minimum absolute atomic E-state index is 0.846. The van der Waals surface area contributed by atoms with Crippen molar-refractivity contribution in [2.24, 2.45) is 0 Å². The number of hydrogen-bond acceptors (Lipinski definition) is 1. The Hall–Kier alpha value is -1.83. The maximum Gasteiger partial charge on any atom is 0.152 e. The lowest BCUT2D eigenvalue weighted by molar-refractivity contribution is 0.112. The second-order valence-corrected chi connectivity index (χ2v) is 5.14. The van der Waals surface area contributed by atoms with Gasteiger partial charge >= 0.3 is 0 Å². The van der Waals surface area contributed by atoms with Crippen LogP contribution in [0.2, 0.25) is 0 Å². The molecule has 0 aliphatic rings. The van der Waals surface area contributed by atoms with Crippen molar-refractivity contribution in [1.82, 2.24) is 4.57 Å². The third-order valence-corrected chi connectivity index (χ3v) is 4.04. The molecule has 0 bridgehead atoms. The summed E-state index contributed by atoms with van der Waals surface area (Å²) in [6.07, 6.45) is 1.87. The van der Waals surface area contributed by atoms with Crippen molar-refractivity contribution in [1.29, 1.82) is 0 Å². The molecule has 2 nitrogen and oxygen atoms in total. The van der Waals surface area contributed by atoms with Crippen molar-refractivity contribution >= 4 is 6.29 Å². The van der Waals surface area contributed by atoms with E-state index in [0.29, 0.717) is 0 Å². The summed E-state index contributed by atoms with van der Waals surface area (Å²) in [5.41, 5.74) is 7.91. The number of rotatable bonds is 3. The summed E-state index contributed by atoms with van der Waals surface area (Å²) < 4.78 is 2.19. The molecule has 0 aliphatic heterocycles. The maximum atomic E-state index is 11.3. The first kappa shape index (κ1) is 13.6. The first-order valence-electron chi connectivity index (χ1n) is 6.74. The largest absolute Gasteiger partial charge is 0.317 e. The summed E-state index contributed by atoms with van der Waals surface area (Å²) in [6.45, 7) is 10.4. The minimum atomic E-state index is 0.846. The van der Waals surface area contributed by atoms with Gasteiger partial charge in [-0.25, -0.2) is 0 Å². The number of aryl methyl sites for hydroxylation is 2. The Morgan fingerprint density at radius 1 is 1.05 bits per heavy atom. The zero-order valence-electron chi connectivity index (χ0n) is 12.4. The monoisotopic (exact) mass is 255 g/mol. The van der Waals surface area contributed by atoms with Gasteiger partial charge < -0.3 is 4.57 Å². The van der Waals surface area contributed by atoms with Crippen LogP contribution in [0.5, 0.6) is 0 Å². The van der Waals surface area contributed by atoms with Crippen LogP contribution in [0.1, 0.15) is 45.4 Å². The zero-order valence-corrected chi connectivity index (χ0v) is 12.4. The molecule has 0 fully saturated rings. The minimum Gasteiger partial charge on any atom is -0.317 e. The topological polar surface area (TPSA) is 22.0 Å². The van der Waals surface area contributed by atoms with Crippen molar-refractivity contribution < 1.29 is 4.79 Å². The van der Waals surface area contributed by atoms with Crippen LogP contribution in [0.3, 0.4) is 0 Å². The van der Waals surface area contributed by atoms with Gasteiger partial charge in [-0.3, -0.25) is 4.79 Å². The smallest absolute Gasteiger partial charge is 0.152 e. The number of benzene rings is 1. The van der Waals surface area contributed by atoms with E-state index in [2.05, 4.69) is 50.5 Å². The van der Waals surface area contributed by atoms with Crippen molar-refractivity contribution in [3.05, 3.63) is 51.8 Å². The summed E-state index contributed by atoms with van der Waals surface area (Å²) in [7, 11) is 0. The Kier molecular flexibility index (Phi) is 3.61. The predicted octanol–water partition coefficient (Wildman–Crippen LogP) is 4.09. The highest BCUT2D eigenvalue weighted by atomic mass is 16.1. The Bertz CT molecular complexity index is 635. The van der Waals surface area contributed by atoms with E-state index in [4.69, 9.17) is 0 Å². The van der Waals surface area contributed by atoms with Crippen LogP contribution in [-0.4, -0.2) is 10.9 Å². The molecule has 0 spiro atoms. The van der Waals surface area contributed by atoms with Crippen molar-refractivity contribution in [2.45, 2.75) is 41.0 Å². The Balaban J connectivity index is 2.71. The average Bonchev–Trinajstić information content (AvgIpc) is 2.63. The summed E-state index contributed by atoms with van der Waals surface area (Å²) in [4.78, 5) is 11.3. The number of nitrogens with zero attached hydrogens (tertiary/aromatic N) is 1. The van der Waals surface area contributed by atoms with Gasteiger partial charge in [-0.05, 0) is 62.9 Å². The van der Waals surface area contributed by atoms with Gasteiger partial charge in [0.1, 0.15) is 0 Å². The standard InChI is InChI=1S/C17H21NO/c1-6-16-13(4)18(14(5)17(16)10-19)15-8-7-11(2)12(3)9-15/h7-10H,6H2,1-5H3. The van der Waals surface area contributed by atoms with E-state index in [0.717, 1.165) is 35.2 Å². The van der Waals surface area contributed by atoms with E-state index in [-0.39, 0.29) is 0 Å². The molecular formula is C17H21NO. The number of aromatic nitrogens is 1. The lowest BCUT2D eigenvalue weighted by Gasteiger charge is -2.12. The molecule has 0 atom stereocenters. The van der Waals surface area contributed by atoms with E-state index < -0.39 is 0 Å². The third kappa shape index (κ3) is 2.12. The van der Waals surface area contributed by atoms with Gasteiger partial charge in [-0.2, -0.15) is 0 Å². The van der Waals surface area contributed by atoms with Crippen LogP contribution < -0.4 is 0 Å². The molecular weight excluding hydrogens is 234 g/mol. The van der Waals surface area contributed by atoms with Crippen molar-refractivity contribution in [3.63, 3.8) is 0 Å². The Morgan fingerprint density at radius 3 is 2.21 bits per heavy atom. The fourth-order valence-corrected chi connectivity index (χ4v) is 2.77. The maximum absolute atomic E-state index is 11.3. The number of hydrogen-bond donors (Lipinski definition) is 0. The summed E-state index contributed by atoms with van der Waals surface area (Å²) in [5, 5.41) is 0. The lowest BCUT2D eigenvalue weighted by atomic mass is 10.1. The van der Waals surface area contributed by atoms with E-state index in [1.807, 2.05) is 6.92 Å². The number of carbonyl (C=O) groups is 1. The number of carbonyl (C=O) groups excluding carboxylic acids is 1. The molecule has 0 radical (unpaired) electrons. The van der Waals surface area contributed by atoms with Crippen LogP contribution in [0.4, 0.5) is 0 Å².